The fraction of sp³-hybridized carbons (Fsp3) is 0.636. The number of fused-ring (bicyclic) bond motifs is 2. The van der Waals surface area contributed by atoms with Crippen LogP contribution in [0.5, 0.6) is 0 Å². The van der Waals surface area contributed by atoms with Gasteiger partial charge in [0.2, 0.25) is 5.89 Å². The third-order valence-corrected chi connectivity index (χ3v) is 5.97. The van der Waals surface area contributed by atoms with Gasteiger partial charge in [0.1, 0.15) is 18.1 Å². The molecule has 6 nitrogen and oxygen atoms in total. The number of aliphatic imine (C=N–C) groups is 1. The maximum Gasteiger partial charge on any atom is 0.216 e. The summed E-state index contributed by atoms with van der Waals surface area (Å²) in [6.07, 6.45) is 9.73. The predicted molar refractivity (Wildman–Crippen MR) is 125 cm³/mol. The van der Waals surface area contributed by atoms with Gasteiger partial charge in [0.25, 0.3) is 0 Å². The summed E-state index contributed by atoms with van der Waals surface area (Å²) in [4.78, 5) is 9.16. The maximum atomic E-state index is 5.89. The molecule has 2 aromatic rings. The van der Waals surface area contributed by atoms with Crippen molar-refractivity contribution in [2.24, 2.45) is 16.8 Å². The van der Waals surface area contributed by atoms with Crippen LogP contribution in [-0.2, 0) is 18.4 Å². The Hall–Kier alpha value is -1.51. The van der Waals surface area contributed by atoms with Gasteiger partial charge in [-0.05, 0) is 43.2 Å². The first kappa shape index (κ1) is 22.2. The molecule has 2 aromatic heterocycles. The van der Waals surface area contributed by atoms with E-state index < -0.39 is 0 Å². The van der Waals surface area contributed by atoms with E-state index in [4.69, 9.17) is 13.8 Å². The van der Waals surface area contributed by atoms with Crippen LogP contribution < -0.4 is 10.6 Å². The SMILES string of the molecule is CC(C)(C)c1cnc(CN=C(NCCc2ccco2)NC2CC3CCC2C3)o1.I. The first-order chi connectivity index (χ1) is 13.5. The van der Waals surface area contributed by atoms with E-state index in [0.717, 1.165) is 42.3 Å². The van der Waals surface area contributed by atoms with Crippen molar-refractivity contribution in [1.29, 1.82) is 0 Å². The Morgan fingerprint density at radius 2 is 2.14 bits per heavy atom. The molecule has 0 spiro atoms. The zero-order valence-corrected chi connectivity index (χ0v) is 19.9. The summed E-state index contributed by atoms with van der Waals surface area (Å²) in [5.41, 5.74) is -0.0413. The van der Waals surface area contributed by atoms with E-state index in [1.807, 2.05) is 18.3 Å². The molecule has 0 aromatic carbocycles. The van der Waals surface area contributed by atoms with Crippen LogP contribution >= 0.6 is 24.0 Å². The molecular weight excluding hydrogens is 479 g/mol. The monoisotopic (exact) mass is 512 g/mol. The van der Waals surface area contributed by atoms with E-state index in [2.05, 4.69) is 36.4 Å². The Kier molecular flexibility index (Phi) is 7.29. The molecule has 2 aliphatic carbocycles. The Labute approximate surface area is 190 Å². The minimum Gasteiger partial charge on any atom is -0.469 e. The summed E-state index contributed by atoms with van der Waals surface area (Å²) in [5.74, 6) is 5.06. The van der Waals surface area contributed by atoms with E-state index >= 15 is 0 Å². The van der Waals surface area contributed by atoms with E-state index in [0.29, 0.717) is 18.5 Å². The zero-order valence-electron chi connectivity index (χ0n) is 17.6. The van der Waals surface area contributed by atoms with Gasteiger partial charge in [0.15, 0.2) is 5.96 Å². The first-order valence-electron chi connectivity index (χ1n) is 10.5. The normalized spacial score (nSPS) is 23.8. The molecular formula is C22H33IN4O2. The van der Waals surface area contributed by atoms with Gasteiger partial charge < -0.3 is 19.5 Å². The van der Waals surface area contributed by atoms with Crippen LogP contribution in [0.1, 0.15) is 63.9 Å². The molecule has 29 heavy (non-hydrogen) atoms. The lowest BCUT2D eigenvalue weighted by Crippen LogP contribution is -2.46. The first-order valence-corrected chi connectivity index (χ1v) is 10.5. The van der Waals surface area contributed by atoms with Crippen LogP contribution in [0, 0.1) is 11.8 Å². The second-order valence-corrected chi connectivity index (χ2v) is 9.21. The number of aromatic nitrogens is 1. The van der Waals surface area contributed by atoms with Crippen LogP contribution in [0.15, 0.2) is 38.4 Å². The Balaban J connectivity index is 0.00000240. The van der Waals surface area contributed by atoms with E-state index in [9.17, 15) is 0 Å². The fourth-order valence-electron chi connectivity index (χ4n) is 4.39. The molecule has 0 aliphatic heterocycles. The average Bonchev–Trinajstić information content (AvgIpc) is 3.43. The highest BCUT2D eigenvalue weighted by Crippen LogP contribution is 2.44. The third-order valence-electron chi connectivity index (χ3n) is 5.97. The van der Waals surface area contributed by atoms with Crippen molar-refractivity contribution in [1.82, 2.24) is 15.6 Å². The van der Waals surface area contributed by atoms with Crippen LogP contribution in [0.3, 0.4) is 0 Å². The van der Waals surface area contributed by atoms with Crippen molar-refractivity contribution in [3.63, 3.8) is 0 Å². The van der Waals surface area contributed by atoms with Crippen molar-refractivity contribution < 1.29 is 8.83 Å². The summed E-state index contributed by atoms with van der Waals surface area (Å²) >= 11 is 0. The quantitative estimate of drug-likeness (QED) is 0.335. The van der Waals surface area contributed by atoms with E-state index in [-0.39, 0.29) is 29.4 Å². The highest BCUT2D eigenvalue weighted by atomic mass is 127. The van der Waals surface area contributed by atoms with Crippen molar-refractivity contribution in [3.8, 4) is 0 Å². The molecule has 2 fully saturated rings. The van der Waals surface area contributed by atoms with Gasteiger partial charge in [0, 0.05) is 24.4 Å². The fourth-order valence-corrected chi connectivity index (χ4v) is 4.39. The average molecular weight is 512 g/mol. The second kappa shape index (κ2) is 9.53. The topological polar surface area (TPSA) is 75.6 Å². The number of nitrogens with one attached hydrogen (secondary N) is 2. The van der Waals surface area contributed by atoms with E-state index in [1.54, 1.807) is 6.26 Å². The molecule has 2 N–H and O–H groups in total. The minimum absolute atomic E-state index is 0. The van der Waals surface area contributed by atoms with Gasteiger partial charge in [-0.3, -0.25) is 0 Å². The van der Waals surface area contributed by atoms with Gasteiger partial charge in [0.05, 0.1) is 12.5 Å². The lowest BCUT2D eigenvalue weighted by Gasteiger charge is -2.25. The summed E-state index contributed by atoms with van der Waals surface area (Å²) in [6, 6.07) is 4.46. The van der Waals surface area contributed by atoms with Gasteiger partial charge >= 0.3 is 0 Å². The molecule has 3 atom stereocenters. The number of guanidine groups is 1. The van der Waals surface area contributed by atoms with Gasteiger partial charge in [-0.15, -0.1) is 24.0 Å². The Morgan fingerprint density at radius 1 is 1.28 bits per heavy atom. The number of halogens is 1. The molecule has 2 bridgehead atoms. The highest BCUT2D eigenvalue weighted by Gasteiger charge is 2.39. The third kappa shape index (κ3) is 5.77. The second-order valence-electron chi connectivity index (χ2n) is 9.21. The molecule has 0 amide bonds. The standard InChI is InChI=1S/C22H32N4O2.HI/c1-22(2,3)19-13-24-20(28-19)14-25-21(23-9-8-17-5-4-10-27-17)26-18-12-15-6-7-16(18)11-15;/h4-5,10,13,15-16,18H,6-9,11-12,14H2,1-3H3,(H2,23,25,26);1H. The van der Waals surface area contributed by atoms with Crippen LogP contribution in [-0.4, -0.2) is 23.5 Å². The molecule has 2 aliphatic rings. The van der Waals surface area contributed by atoms with Crippen LogP contribution in [0.4, 0.5) is 0 Å². The molecule has 7 heteroatoms. The van der Waals surface area contributed by atoms with E-state index in [1.165, 1.54) is 25.7 Å². The maximum absolute atomic E-state index is 5.89. The van der Waals surface area contributed by atoms with Crippen molar-refractivity contribution in [2.45, 2.75) is 70.9 Å². The highest BCUT2D eigenvalue weighted by molar-refractivity contribution is 14.0. The van der Waals surface area contributed by atoms with Gasteiger partial charge in [-0.1, -0.05) is 27.2 Å². The number of nitrogens with zero attached hydrogens (tertiary/aromatic N) is 2. The predicted octanol–water partition coefficient (Wildman–Crippen LogP) is 4.65. The van der Waals surface area contributed by atoms with Crippen molar-refractivity contribution >= 4 is 29.9 Å². The summed E-state index contributed by atoms with van der Waals surface area (Å²) in [7, 11) is 0. The minimum atomic E-state index is -0.0413. The molecule has 0 saturated heterocycles. The zero-order chi connectivity index (χ0) is 19.6. The molecule has 160 valence electrons. The molecule has 2 heterocycles. The summed E-state index contributed by atoms with van der Waals surface area (Å²) < 4.78 is 11.3. The lowest BCUT2D eigenvalue weighted by atomic mass is 9.94. The number of hydrogen-bond acceptors (Lipinski definition) is 4. The number of furan rings is 1. The van der Waals surface area contributed by atoms with Crippen molar-refractivity contribution in [3.05, 3.63) is 42.0 Å². The Bertz CT molecular complexity index is 794. The number of oxazole rings is 1. The van der Waals surface area contributed by atoms with Crippen LogP contribution in [0.25, 0.3) is 0 Å². The molecule has 2 saturated carbocycles. The van der Waals surface area contributed by atoms with Gasteiger partial charge in [-0.2, -0.15) is 0 Å². The van der Waals surface area contributed by atoms with Gasteiger partial charge in [-0.25, -0.2) is 9.98 Å². The smallest absolute Gasteiger partial charge is 0.216 e. The number of hydrogen-bond donors (Lipinski definition) is 2. The lowest BCUT2D eigenvalue weighted by molar-refractivity contribution is 0.380. The number of rotatable bonds is 6. The summed E-state index contributed by atoms with van der Waals surface area (Å²) in [6.45, 7) is 7.59. The summed E-state index contributed by atoms with van der Waals surface area (Å²) in [5, 5.41) is 7.13. The largest absolute Gasteiger partial charge is 0.469 e. The van der Waals surface area contributed by atoms with Crippen molar-refractivity contribution in [2.75, 3.05) is 6.54 Å². The Morgan fingerprint density at radius 3 is 2.76 bits per heavy atom. The molecule has 3 unspecified atom stereocenters. The molecule has 0 radical (unpaired) electrons. The van der Waals surface area contributed by atoms with Crippen LogP contribution in [0.2, 0.25) is 0 Å². The molecule has 4 rings (SSSR count).